The zero-order valence-electron chi connectivity index (χ0n) is 12.8. The fourth-order valence-corrected chi connectivity index (χ4v) is 3.59. The summed E-state index contributed by atoms with van der Waals surface area (Å²) in [4.78, 5) is 23.6. The number of pyridine rings is 1. The maximum Gasteiger partial charge on any atom is 0.265 e. The van der Waals surface area contributed by atoms with Crippen LogP contribution in [-0.2, 0) is 0 Å². The number of hydrogen-bond acceptors (Lipinski definition) is 5. The maximum atomic E-state index is 12.7. The highest BCUT2D eigenvalue weighted by Gasteiger charge is 2.27. The predicted molar refractivity (Wildman–Crippen MR) is 85.4 cm³/mol. The summed E-state index contributed by atoms with van der Waals surface area (Å²) in [5.74, 6) is 0.880. The summed E-state index contributed by atoms with van der Waals surface area (Å²) < 4.78 is 5.96. The van der Waals surface area contributed by atoms with E-state index in [1.807, 2.05) is 30.9 Å². The minimum absolute atomic E-state index is 0.0365. The first-order valence-corrected chi connectivity index (χ1v) is 8.25. The smallest absolute Gasteiger partial charge is 0.265 e. The molecular weight excluding hydrogens is 298 g/mol. The van der Waals surface area contributed by atoms with Crippen LogP contribution in [0.3, 0.4) is 0 Å². The number of aryl methyl sites for hydroxylation is 2. The molecule has 0 spiro atoms. The standard InChI is InChI=1S/C16H19N3O2S/c1-11-15(22-12(2)18-11)16(20)19-9-3-4-14(10-19)21-13-5-7-17-8-6-13/h5-8,14H,3-4,9-10H2,1-2H3. The topological polar surface area (TPSA) is 55.3 Å². The highest BCUT2D eigenvalue weighted by atomic mass is 32.1. The Morgan fingerprint density at radius 3 is 2.82 bits per heavy atom. The van der Waals surface area contributed by atoms with E-state index in [9.17, 15) is 4.79 Å². The van der Waals surface area contributed by atoms with Crippen LogP contribution >= 0.6 is 11.3 Å². The first kappa shape index (κ1) is 15.0. The van der Waals surface area contributed by atoms with Crippen LogP contribution in [0.15, 0.2) is 24.5 Å². The van der Waals surface area contributed by atoms with Gasteiger partial charge in [-0.05, 0) is 38.8 Å². The van der Waals surface area contributed by atoms with Gasteiger partial charge in [-0.1, -0.05) is 0 Å². The van der Waals surface area contributed by atoms with Gasteiger partial charge >= 0.3 is 0 Å². The third-order valence-electron chi connectivity index (χ3n) is 3.72. The highest BCUT2D eigenvalue weighted by Crippen LogP contribution is 2.23. The van der Waals surface area contributed by atoms with E-state index in [2.05, 4.69) is 9.97 Å². The Hall–Kier alpha value is -1.95. The van der Waals surface area contributed by atoms with Crippen LogP contribution in [0.4, 0.5) is 0 Å². The molecule has 1 aliphatic heterocycles. The average Bonchev–Trinajstić information content (AvgIpc) is 2.86. The first-order valence-electron chi connectivity index (χ1n) is 7.43. The van der Waals surface area contributed by atoms with Gasteiger partial charge in [-0.15, -0.1) is 11.3 Å². The normalized spacial score (nSPS) is 18.3. The molecule has 0 aromatic carbocycles. The summed E-state index contributed by atoms with van der Waals surface area (Å²) in [6.45, 7) is 5.23. The van der Waals surface area contributed by atoms with E-state index in [0.717, 1.165) is 40.7 Å². The molecule has 1 saturated heterocycles. The number of ether oxygens (including phenoxy) is 1. The molecule has 3 rings (SSSR count). The third-order valence-corrected chi connectivity index (χ3v) is 4.78. The zero-order chi connectivity index (χ0) is 15.5. The van der Waals surface area contributed by atoms with Crippen molar-refractivity contribution in [2.75, 3.05) is 13.1 Å². The summed E-state index contributed by atoms with van der Waals surface area (Å²) in [5.41, 5.74) is 0.824. The van der Waals surface area contributed by atoms with Crippen LogP contribution in [0.5, 0.6) is 5.75 Å². The molecule has 6 heteroatoms. The minimum atomic E-state index is 0.0365. The molecule has 0 N–H and O–H groups in total. The van der Waals surface area contributed by atoms with E-state index >= 15 is 0 Å². The van der Waals surface area contributed by atoms with Gasteiger partial charge in [0.15, 0.2) is 0 Å². The lowest BCUT2D eigenvalue weighted by molar-refractivity contribution is 0.0541. The van der Waals surface area contributed by atoms with Crippen molar-refractivity contribution < 1.29 is 9.53 Å². The Morgan fingerprint density at radius 2 is 2.14 bits per heavy atom. The summed E-state index contributed by atoms with van der Waals surface area (Å²) in [7, 11) is 0. The minimum Gasteiger partial charge on any atom is -0.488 e. The SMILES string of the molecule is Cc1nc(C)c(C(=O)N2CCCC(Oc3ccncc3)C2)s1. The highest BCUT2D eigenvalue weighted by molar-refractivity contribution is 7.13. The van der Waals surface area contributed by atoms with Gasteiger partial charge in [-0.25, -0.2) is 4.98 Å². The number of thiazole rings is 1. The molecule has 1 atom stereocenters. The van der Waals surface area contributed by atoms with Crippen LogP contribution in [0.1, 0.15) is 33.2 Å². The number of amides is 1. The second-order valence-electron chi connectivity index (χ2n) is 5.46. The molecule has 1 unspecified atom stereocenters. The van der Waals surface area contributed by atoms with E-state index in [0.29, 0.717) is 6.54 Å². The maximum absolute atomic E-state index is 12.7. The van der Waals surface area contributed by atoms with E-state index in [1.165, 1.54) is 11.3 Å². The Kier molecular flexibility index (Phi) is 4.38. The van der Waals surface area contributed by atoms with Gasteiger partial charge in [0.1, 0.15) is 16.7 Å². The Labute approximate surface area is 134 Å². The Morgan fingerprint density at radius 1 is 1.36 bits per heavy atom. The van der Waals surface area contributed by atoms with Gasteiger partial charge in [0.05, 0.1) is 17.2 Å². The fraction of sp³-hybridized carbons (Fsp3) is 0.438. The van der Waals surface area contributed by atoms with Crippen LogP contribution in [-0.4, -0.2) is 40.0 Å². The summed E-state index contributed by atoms with van der Waals surface area (Å²) in [6.07, 6.45) is 5.38. The predicted octanol–water partition coefficient (Wildman–Crippen LogP) is 2.84. The molecule has 3 heterocycles. The van der Waals surface area contributed by atoms with Gasteiger partial charge in [0.2, 0.25) is 0 Å². The number of nitrogens with zero attached hydrogens (tertiary/aromatic N) is 3. The van der Waals surface area contributed by atoms with E-state index in [-0.39, 0.29) is 12.0 Å². The average molecular weight is 317 g/mol. The zero-order valence-corrected chi connectivity index (χ0v) is 13.6. The number of carbonyl (C=O) groups is 1. The van der Waals surface area contributed by atoms with Crippen molar-refractivity contribution in [2.24, 2.45) is 0 Å². The Balaban J connectivity index is 1.68. The van der Waals surface area contributed by atoms with Crippen molar-refractivity contribution in [1.29, 1.82) is 0 Å². The van der Waals surface area contributed by atoms with E-state index in [1.54, 1.807) is 12.4 Å². The van der Waals surface area contributed by atoms with Crippen molar-refractivity contribution >= 4 is 17.2 Å². The van der Waals surface area contributed by atoms with Crippen molar-refractivity contribution in [3.8, 4) is 5.75 Å². The number of piperidine rings is 1. The number of carbonyl (C=O) groups excluding carboxylic acids is 1. The van der Waals surface area contributed by atoms with Gasteiger partial charge in [0, 0.05) is 18.9 Å². The molecule has 5 nitrogen and oxygen atoms in total. The monoisotopic (exact) mass is 317 g/mol. The second kappa shape index (κ2) is 6.44. The largest absolute Gasteiger partial charge is 0.488 e. The van der Waals surface area contributed by atoms with Crippen molar-refractivity contribution in [3.05, 3.63) is 40.1 Å². The van der Waals surface area contributed by atoms with Crippen LogP contribution in [0.2, 0.25) is 0 Å². The van der Waals surface area contributed by atoms with Crippen LogP contribution in [0, 0.1) is 13.8 Å². The summed E-state index contributed by atoms with van der Waals surface area (Å²) >= 11 is 1.47. The lowest BCUT2D eigenvalue weighted by Crippen LogP contribution is -2.44. The van der Waals surface area contributed by atoms with Gasteiger partial charge < -0.3 is 9.64 Å². The number of aromatic nitrogens is 2. The lowest BCUT2D eigenvalue weighted by Gasteiger charge is -2.32. The number of hydrogen-bond donors (Lipinski definition) is 0. The Bertz CT molecular complexity index is 657. The van der Waals surface area contributed by atoms with Crippen molar-refractivity contribution in [2.45, 2.75) is 32.8 Å². The molecule has 0 bridgehead atoms. The first-order chi connectivity index (χ1) is 10.6. The molecule has 0 aliphatic carbocycles. The quantitative estimate of drug-likeness (QED) is 0.873. The van der Waals surface area contributed by atoms with E-state index in [4.69, 9.17) is 4.74 Å². The lowest BCUT2D eigenvalue weighted by atomic mass is 10.1. The molecule has 1 aliphatic rings. The van der Waals surface area contributed by atoms with E-state index < -0.39 is 0 Å². The molecule has 116 valence electrons. The summed E-state index contributed by atoms with van der Waals surface area (Å²) in [5, 5.41) is 0.933. The van der Waals surface area contributed by atoms with Gasteiger partial charge in [-0.2, -0.15) is 0 Å². The molecule has 0 saturated carbocycles. The van der Waals surface area contributed by atoms with Crippen LogP contribution < -0.4 is 4.74 Å². The molecule has 22 heavy (non-hydrogen) atoms. The van der Waals surface area contributed by atoms with Crippen molar-refractivity contribution in [1.82, 2.24) is 14.9 Å². The van der Waals surface area contributed by atoms with Crippen LogP contribution in [0.25, 0.3) is 0 Å². The summed E-state index contributed by atoms with van der Waals surface area (Å²) in [6, 6.07) is 3.69. The molecule has 1 fully saturated rings. The van der Waals surface area contributed by atoms with Gasteiger partial charge in [-0.3, -0.25) is 9.78 Å². The third kappa shape index (κ3) is 3.27. The molecule has 2 aromatic rings. The molecular formula is C16H19N3O2S. The molecule has 2 aromatic heterocycles. The second-order valence-corrected chi connectivity index (χ2v) is 6.67. The van der Waals surface area contributed by atoms with Gasteiger partial charge in [0.25, 0.3) is 5.91 Å². The molecule has 0 radical (unpaired) electrons. The van der Waals surface area contributed by atoms with Crippen molar-refractivity contribution in [3.63, 3.8) is 0 Å². The fourth-order valence-electron chi connectivity index (χ4n) is 2.70. The number of rotatable bonds is 3. The number of likely N-dealkylation sites (tertiary alicyclic amines) is 1. The molecule has 1 amide bonds.